The molecule has 0 unspecified atom stereocenters. The van der Waals surface area contributed by atoms with Gasteiger partial charge in [0.2, 0.25) is 5.88 Å². The Kier molecular flexibility index (Phi) is 4.60. The smallest absolute Gasteiger partial charge is 0.218 e. The third kappa shape index (κ3) is 3.50. The Morgan fingerprint density at radius 3 is 2.80 bits per heavy atom. The topological polar surface area (TPSA) is 82.3 Å². The Balaban J connectivity index is 2.01. The van der Waals surface area contributed by atoms with Crippen molar-refractivity contribution in [2.24, 2.45) is 0 Å². The average Bonchev–Trinajstić information content (AvgIpc) is 2.46. The second-order valence-corrected chi connectivity index (χ2v) is 4.10. The van der Waals surface area contributed by atoms with Gasteiger partial charge in [0.1, 0.15) is 17.9 Å². The van der Waals surface area contributed by atoms with E-state index in [1.165, 1.54) is 6.33 Å². The van der Waals surface area contributed by atoms with Crippen LogP contribution in [-0.4, -0.2) is 23.7 Å². The molecule has 0 radical (unpaired) electrons. The third-order valence-corrected chi connectivity index (χ3v) is 2.70. The van der Waals surface area contributed by atoms with Crippen LogP contribution >= 0.6 is 0 Å². The Labute approximate surface area is 118 Å². The van der Waals surface area contributed by atoms with Crippen LogP contribution in [0.1, 0.15) is 12.5 Å². The maximum atomic E-state index is 5.87. The zero-order valence-electron chi connectivity index (χ0n) is 11.6. The van der Waals surface area contributed by atoms with Gasteiger partial charge in [0.15, 0.2) is 0 Å². The summed E-state index contributed by atoms with van der Waals surface area (Å²) in [7, 11) is 1.60. The summed E-state index contributed by atoms with van der Waals surface area (Å²) in [4.78, 5) is 8.15. The summed E-state index contributed by atoms with van der Waals surface area (Å²) in [5, 5.41) is 3.20. The Bertz CT molecular complexity index is 575. The Morgan fingerprint density at radius 1 is 1.25 bits per heavy atom. The van der Waals surface area contributed by atoms with Crippen molar-refractivity contribution in [3.63, 3.8) is 0 Å². The summed E-state index contributed by atoms with van der Waals surface area (Å²) in [5.74, 6) is 1.94. The van der Waals surface area contributed by atoms with Crippen molar-refractivity contribution in [3.05, 3.63) is 36.2 Å². The Hall–Kier alpha value is -2.50. The molecule has 1 aromatic carbocycles. The molecule has 0 bridgehead atoms. The highest BCUT2D eigenvalue weighted by molar-refractivity contribution is 5.54. The lowest BCUT2D eigenvalue weighted by Crippen LogP contribution is -2.04. The van der Waals surface area contributed by atoms with Crippen LogP contribution in [0.25, 0.3) is 0 Å². The van der Waals surface area contributed by atoms with Gasteiger partial charge in [-0.3, -0.25) is 0 Å². The molecule has 1 heterocycles. The van der Waals surface area contributed by atoms with Crippen molar-refractivity contribution in [2.45, 2.75) is 13.5 Å². The molecular formula is C14H18N4O2. The zero-order chi connectivity index (χ0) is 14.4. The van der Waals surface area contributed by atoms with E-state index in [1.54, 1.807) is 13.2 Å². The molecule has 1 aromatic heterocycles. The van der Waals surface area contributed by atoms with Crippen LogP contribution in [0, 0.1) is 0 Å². The van der Waals surface area contributed by atoms with Crippen molar-refractivity contribution in [1.82, 2.24) is 9.97 Å². The number of nitrogens with one attached hydrogen (secondary N) is 1. The number of ether oxygens (including phenoxy) is 2. The number of nitrogen functional groups attached to an aromatic ring is 1. The molecule has 2 aromatic rings. The molecular weight excluding hydrogens is 256 g/mol. The largest absolute Gasteiger partial charge is 0.495 e. The van der Waals surface area contributed by atoms with E-state index in [4.69, 9.17) is 15.2 Å². The van der Waals surface area contributed by atoms with Crippen molar-refractivity contribution >= 4 is 11.5 Å². The molecule has 0 amide bonds. The van der Waals surface area contributed by atoms with Crippen LogP contribution < -0.4 is 20.5 Å². The van der Waals surface area contributed by atoms with Crippen LogP contribution in [0.15, 0.2) is 30.6 Å². The van der Waals surface area contributed by atoms with Gasteiger partial charge in [-0.15, -0.1) is 0 Å². The van der Waals surface area contributed by atoms with Gasteiger partial charge < -0.3 is 20.5 Å². The normalized spacial score (nSPS) is 10.1. The van der Waals surface area contributed by atoms with Gasteiger partial charge in [-0.25, -0.2) is 9.97 Å². The summed E-state index contributed by atoms with van der Waals surface area (Å²) in [6.45, 7) is 3.09. The predicted octanol–water partition coefficient (Wildman–Crippen LogP) is 2.08. The highest BCUT2D eigenvalue weighted by Gasteiger charge is 2.02. The molecule has 0 aliphatic rings. The fourth-order valence-corrected chi connectivity index (χ4v) is 1.75. The summed E-state index contributed by atoms with van der Waals surface area (Å²) in [6, 6.07) is 7.43. The van der Waals surface area contributed by atoms with Gasteiger partial charge in [0.25, 0.3) is 0 Å². The molecule has 0 aliphatic carbocycles. The van der Waals surface area contributed by atoms with Gasteiger partial charge in [0.05, 0.1) is 19.4 Å². The fourth-order valence-electron chi connectivity index (χ4n) is 1.75. The highest BCUT2D eigenvalue weighted by Crippen LogP contribution is 2.22. The van der Waals surface area contributed by atoms with Gasteiger partial charge in [-0.1, -0.05) is 6.07 Å². The molecule has 0 saturated carbocycles. The van der Waals surface area contributed by atoms with E-state index in [2.05, 4.69) is 15.3 Å². The number of methoxy groups -OCH3 is 1. The first-order valence-corrected chi connectivity index (χ1v) is 6.34. The van der Waals surface area contributed by atoms with Crippen LogP contribution in [0.2, 0.25) is 0 Å². The standard InChI is InChI=1S/C14H18N4O2/c1-3-20-14-7-13(17-9-18-14)16-8-10-4-5-12(19-2)11(15)6-10/h4-7,9H,3,8,15H2,1-2H3,(H,16,17,18). The van der Waals surface area contributed by atoms with E-state index in [0.29, 0.717) is 36.3 Å². The summed E-state index contributed by atoms with van der Waals surface area (Å²) in [6.07, 6.45) is 1.47. The number of hydrogen-bond donors (Lipinski definition) is 2. The Morgan fingerprint density at radius 2 is 2.10 bits per heavy atom. The minimum atomic E-state index is 0.555. The summed E-state index contributed by atoms with van der Waals surface area (Å²) in [5.41, 5.74) is 7.52. The van der Waals surface area contributed by atoms with Crippen LogP contribution in [0.4, 0.5) is 11.5 Å². The van der Waals surface area contributed by atoms with E-state index in [-0.39, 0.29) is 0 Å². The molecule has 0 saturated heterocycles. The lowest BCUT2D eigenvalue weighted by molar-refractivity contribution is 0.326. The second kappa shape index (κ2) is 6.60. The minimum Gasteiger partial charge on any atom is -0.495 e. The molecule has 6 heteroatoms. The number of aromatic nitrogens is 2. The molecule has 0 atom stereocenters. The summed E-state index contributed by atoms with van der Waals surface area (Å²) < 4.78 is 10.4. The van der Waals surface area contributed by atoms with Crippen LogP contribution in [-0.2, 0) is 6.54 Å². The molecule has 0 spiro atoms. The van der Waals surface area contributed by atoms with Gasteiger partial charge in [0, 0.05) is 12.6 Å². The van der Waals surface area contributed by atoms with Crippen molar-refractivity contribution < 1.29 is 9.47 Å². The third-order valence-electron chi connectivity index (χ3n) is 2.70. The lowest BCUT2D eigenvalue weighted by Gasteiger charge is -2.09. The molecule has 6 nitrogen and oxygen atoms in total. The van der Waals surface area contributed by atoms with Gasteiger partial charge in [-0.05, 0) is 24.6 Å². The van der Waals surface area contributed by atoms with Crippen molar-refractivity contribution in [3.8, 4) is 11.6 Å². The summed E-state index contributed by atoms with van der Waals surface area (Å²) >= 11 is 0. The van der Waals surface area contributed by atoms with E-state index >= 15 is 0 Å². The average molecular weight is 274 g/mol. The van der Waals surface area contributed by atoms with E-state index < -0.39 is 0 Å². The fraction of sp³-hybridized carbons (Fsp3) is 0.286. The van der Waals surface area contributed by atoms with E-state index in [1.807, 2.05) is 25.1 Å². The first-order valence-electron chi connectivity index (χ1n) is 6.34. The molecule has 106 valence electrons. The first kappa shape index (κ1) is 13.9. The van der Waals surface area contributed by atoms with E-state index in [0.717, 1.165) is 5.56 Å². The molecule has 3 N–H and O–H groups in total. The lowest BCUT2D eigenvalue weighted by atomic mass is 10.2. The number of anilines is 2. The van der Waals surface area contributed by atoms with Crippen molar-refractivity contribution in [2.75, 3.05) is 24.8 Å². The number of nitrogens with two attached hydrogens (primary N) is 1. The van der Waals surface area contributed by atoms with Crippen LogP contribution in [0.3, 0.4) is 0 Å². The first-order chi connectivity index (χ1) is 9.72. The van der Waals surface area contributed by atoms with Gasteiger partial charge in [-0.2, -0.15) is 0 Å². The SMILES string of the molecule is CCOc1cc(NCc2ccc(OC)c(N)c2)ncn1. The quantitative estimate of drug-likeness (QED) is 0.785. The minimum absolute atomic E-state index is 0.555. The number of nitrogens with zero attached hydrogens (tertiary/aromatic N) is 2. The highest BCUT2D eigenvalue weighted by atomic mass is 16.5. The van der Waals surface area contributed by atoms with Crippen molar-refractivity contribution in [1.29, 1.82) is 0 Å². The second-order valence-electron chi connectivity index (χ2n) is 4.10. The number of hydrogen-bond acceptors (Lipinski definition) is 6. The van der Waals surface area contributed by atoms with E-state index in [9.17, 15) is 0 Å². The van der Waals surface area contributed by atoms with Crippen LogP contribution in [0.5, 0.6) is 11.6 Å². The molecule has 2 rings (SSSR count). The zero-order valence-corrected chi connectivity index (χ0v) is 11.6. The predicted molar refractivity (Wildman–Crippen MR) is 77.9 cm³/mol. The molecule has 20 heavy (non-hydrogen) atoms. The number of rotatable bonds is 6. The molecule has 0 aliphatic heterocycles. The maximum Gasteiger partial charge on any atom is 0.218 e. The monoisotopic (exact) mass is 274 g/mol. The maximum absolute atomic E-state index is 5.87. The number of benzene rings is 1. The molecule has 0 fully saturated rings. The van der Waals surface area contributed by atoms with Gasteiger partial charge >= 0.3 is 0 Å².